The van der Waals surface area contributed by atoms with Gasteiger partial charge in [0, 0.05) is 43.3 Å². The maximum absolute atomic E-state index is 15.2. The average Bonchev–Trinajstić information content (AvgIpc) is 3.57. The average molecular weight is 583 g/mol. The molecule has 0 spiro atoms. The number of hydrogen-bond acceptors (Lipinski definition) is 6. The van der Waals surface area contributed by atoms with Crippen LogP contribution in [0.25, 0.3) is 16.9 Å². The zero-order valence-electron chi connectivity index (χ0n) is 21.7. The van der Waals surface area contributed by atoms with Crippen molar-refractivity contribution in [3.05, 3.63) is 94.5 Å². The van der Waals surface area contributed by atoms with Gasteiger partial charge in [0.1, 0.15) is 5.52 Å². The lowest BCUT2D eigenvalue weighted by Crippen LogP contribution is -2.27. The maximum atomic E-state index is 15.2. The Morgan fingerprint density at radius 1 is 1.07 bits per heavy atom. The van der Waals surface area contributed by atoms with Crippen molar-refractivity contribution in [2.24, 2.45) is 0 Å². The number of nitrogens with one attached hydrogen (secondary N) is 2. The van der Waals surface area contributed by atoms with Crippen LogP contribution in [-0.2, 0) is 10.9 Å². The summed E-state index contributed by atoms with van der Waals surface area (Å²) in [7, 11) is 0. The number of rotatable bonds is 6. The van der Waals surface area contributed by atoms with Gasteiger partial charge < -0.3 is 14.8 Å². The molecule has 1 aliphatic heterocycles. The van der Waals surface area contributed by atoms with Gasteiger partial charge in [0.15, 0.2) is 28.7 Å². The van der Waals surface area contributed by atoms with Gasteiger partial charge in [-0.2, -0.15) is 18.3 Å². The van der Waals surface area contributed by atoms with Crippen LogP contribution in [0.15, 0.2) is 71.8 Å². The number of benzene rings is 2. The topological polar surface area (TPSA) is 116 Å². The second-order valence-electron chi connectivity index (χ2n) is 9.50. The first-order valence-electron chi connectivity index (χ1n) is 12.9. The molecule has 3 aromatic heterocycles. The Labute approximate surface area is 234 Å². The number of carbonyl (C=O) groups excluding carboxylic acids is 1. The molecule has 14 heteroatoms. The van der Waals surface area contributed by atoms with Crippen LogP contribution in [0.4, 0.5) is 23.2 Å². The Kier molecular flexibility index (Phi) is 6.98. The number of ether oxygens (including phenoxy) is 2. The van der Waals surface area contributed by atoms with Gasteiger partial charge in [0.2, 0.25) is 0 Å². The second kappa shape index (κ2) is 10.8. The molecule has 1 amide bonds. The summed E-state index contributed by atoms with van der Waals surface area (Å²) in [5.41, 5.74) is -1.74. The molecular weight excluding hydrogens is 560 g/mol. The Morgan fingerprint density at radius 3 is 2.55 bits per heavy atom. The van der Waals surface area contributed by atoms with E-state index < -0.39 is 29.2 Å². The molecule has 0 unspecified atom stereocenters. The molecule has 0 radical (unpaired) electrons. The number of imidazole rings is 1. The minimum Gasteiger partial charge on any atom is -0.452 e. The highest BCUT2D eigenvalue weighted by Gasteiger charge is 2.40. The highest BCUT2D eigenvalue weighted by molar-refractivity contribution is 6.05. The molecule has 0 saturated carbocycles. The number of carbonyl (C=O) groups is 1. The number of fused-ring (bicyclic) bond motifs is 1. The number of halogens is 4. The van der Waals surface area contributed by atoms with Crippen molar-refractivity contribution >= 4 is 22.8 Å². The monoisotopic (exact) mass is 582 g/mol. The number of pyridine rings is 1. The predicted molar refractivity (Wildman–Crippen MR) is 142 cm³/mol. The number of anilines is 1. The summed E-state index contributed by atoms with van der Waals surface area (Å²) in [4.78, 5) is 32.5. The molecular formula is C28H22F4N6O4. The second-order valence-corrected chi connectivity index (χ2v) is 9.50. The molecule has 2 N–H and O–H groups in total. The van der Waals surface area contributed by atoms with Crippen LogP contribution in [-0.4, -0.2) is 43.4 Å². The Balaban J connectivity index is 1.27. The first-order valence-corrected chi connectivity index (χ1v) is 12.9. The lowest BCUT2D eigenvalue weighted by atomic mass is 10.1. The molecule has 2 aromatic carbocycles. The molecule has 42 heavy (non-hydrogen) atoms. The number of alkyl halides is 3. The summed E-state index contributed by atoms with van der Waals surface area (Å²) in [6.45, 7) is 0.971. The minimum atomic E-state index is -4.90. The van der Waals surface area contributed by atoms with Gasteiger partial charge in [0.05, 0.1) is 17.4 Å². The largest absolute Gasteiger partial charge is 0.452 e. The summed E-state index contributed by atoms with van der Waals surface area (Å²) in [5, 5.41) is 6.06. The van der Waals surface area contributed by atoms with E-state index in [1.165, 1.54) is 41.1 Å². The molecule has 10 nitrogen and oxygen atoms in total. The van der Waals surface area contributed by atoms with Crippen LogP contribution in [0.2, 0.25) is 0 Å². The molecule has 216 valence electrons. The number of H-pyrrole nitrogens is 1. The molecule has 1 aliphatic rings. The van der Waals surface area contributed by atoms with Crippen LogP contribution in [0.3, 0.4) is 0 Å². The van der Waals surface area contributed by atoms with Gasteiger partial charge in [-0.25, -0.2) is 18.9 Å². The summed E-state index contributed by atoms with van der Waals surface area (Å²) >= 11 is 0. The van der Waals surface area contributed by atoms with Crippen molar-refractivity contribution in [3.8, 4) is 17.2 Å². The van der Waals surface area contributed by atoms with E-state index in [4.69, 9.17) is 9.47 Å². The van der Waals surface area contributed by atoms with Crippen LogP contribution in [0.1, 0.15) is 34.9 Å². The molecule has 6 rings (SSSR count). The van der Waals surface area contributed by atoms with Gasteiger partial charge in [-0.3, -0.25) is 14.3 Å². The van der Waals surface area contributed by atoms with E-state index in [0.29, 0.717) is 36.3 Å². The first-order chi connectivity index (χ1) is 20.2. The SMILES string of the molecule is O=C(Nc1ccc(Oc2ccnc3[nH]c(=O)n(C4CCOCC4)c23)c(F)c1)c1cnn(-c2ccccc2)c1C(F)(F)F. The normalized spacial score (nSPS) is 14.3. The minimum absolute atomic E-state index is 0.105. The van der Waals surface area contributed by atoms with Gasteiger partial charge in [0.25, 0.3) is 5.91 Å². The fourth-order valence-electron chi connectivity index (χ4n) is 4.93. The fourth-order valence-corrected chi connectivity index (χ4v) is 4.93. The Bertz CT molecular complexity index is 1820. The molecule has 4 heterocycles. The van der Waals surface area contributed by atoms with Crippen LogP contribution in [0.5, 0.6) is 11.5 Å². The van der Waals surface area contributed by atoms with Crippen molar-refractivity contribution in [1.29, 1.82) is 0 Å². The summed E-state index contributed by atoms with van der Waals surface area (Å²) < 4.78 is 70.4. The van der Waals surface area contributed by atoms with E-state index in [0.717, 1.165) is 12.3 Å². The van der Waals surface area contributed by atoms with Crippen molar-refractivity contribution in [2.75, 3.05) is 18.5 Å². The highest BCUT2D eigenvalue weighted by Crippen LogP contribution is 2.35. The van der Waals surface area contributed by atoms with E-state index in [9.17, 15) is 22.8 Å². The third-order valence-corrected chi connectivity index (χ3v) is 6.82. The quantitative estimate of drug-likeness (QED) is 0.257. The van der Waals surface area contributed by atoms with Crippen LogP contribution >= 0.6 is 0 Å². The zero-order chi connectivity index (χ0) is 29.4. The number of amides is 1. The maximum Gasteiger partial charge on any atom is 0.434 e. The number of nitrogens with zero attached hydrogens (tertiary/aromatic N) is 4. The Hall–Kier alpha value is -4.98. The summed E-state index contributed by atoms with van der Waals surface area (Å²) in [5.74, 6) is -2.09. The van der Waals surface area contributed by atoms with Crippen molar-refractivity contribution in [2.45, 2.75) is 25.1 Å². The summed E-state index contributed by atoms with van der Waals surface area (Å²) in [6, 6.07) is 12.3. The number of hydrogen-bond donors (Lipinski definition) is 2. The lowest BCUT2D eigenvalue weighted by molar-refractivity contribution is -0.143. The van der Waals surface area contributed by atoms with Crippen molar-refractivity contribution in [1.82, 2.24) is 24.3 Å². The third kappa shape index (κ3) is 5.11. The smallest absolute Gasteiger partial charge is 0.434 e. The zero-order valence-corrected chi connectivity index (χ0v) is 21.7. The van der Waals surface area contributed by atoms with E-state index in [2.05, 4.69) is 20.4 Å². The molecule has 1 saturated heterocycles. The third-order valence-electron chi connectivity index (χ3n) is 6.82. The van der Waals surface area contributed by atoms with Crippen LogP contribution in [0, 0.1) is 5.82 Å². The van der Waals surface area contributed by atoms with Crippen molar-refractivity contribution in [3.63, 3.8) is 0 Å². The molecule has 0 atom stereocenters. The van der Waals surface area contributed by atoms with Gasteiger partial charge in [-0.15, -0.1) is 0 Å². The van der Waals surface area contributed by atoms with E-state index in [-0.39, 0.29) is 40.3 Å². The molecule has 5 aromatic rings. The predicted octanol–water partition coefficient (Wildman–Crippen LogP) is 5.46. The van der Waals surface area contributed by atoms with Gasteiger partial charge in [-0.05, 0) is 37.1 Å². The standard InChI is InChI=1S/C28H22F4N6O4/c29-20-14-16(35-26(39)19-15-34-38(24(19)28(30,31)32)18-4-2-1-3-5-18)6-7-21(20)42-22-8-11-33-25-23(22)37(27(40)36-25)17-9-12-41-13-10-17/h1-8,11,14-15,17H,9-10,12-13H2,(H,35,39)(H,33,36,40). The van der Waals surface area contributed by atoms with Gasteiger partial charge >= 0.3 is 11.9 Å². The van der Waals surface area contributed by atoms with E-state index >= 15 is 4.39 Å². The number of para-hydroxylation sites is 1. The van der Waals surface area contributed by atoms with E-state index in [1.54, 1.807) is 18.2 Å². The summed E-state index contributed by atoms with van der Waals surface area (Å²) in [6.07, 6.45) is -1.49. The van der Waals surface area contributed by atoms with E-state index in [1.807, 2.05) is 0 Å². The van der Waals surface area contributed by atoms with Crippen molar-refractivity contribution < 1.29 is 31.8 Å². The van der Waals surface area contributed by atoms with Crippen LogP contribution < -0.4 is 15.7 Å². The highest BCUT2D eigenvalue weighted by atomic mass is 19.4. The lowest BCUT2D eigenvalue weighted by Gasteiger charge is -2.23. The first kappa shape index (κ1) is 27.2. The molecule has 0 bridgehead atoms. The number of aromatic nitrogens is 5. The molecule has 0 aliphatic carbocycles. The Morgan fingerprint density at radius 2 is 1.83 bits per heavy atom. The number of aromatic amines is 1. The van der Waals surface area contributed by atoms with Gasteiger partial charge in [-0.1, -0.05) is 18.2 Å². The molecule has 1 fully saturated rings. The fraction of sp³-hybridized carbons (Fsp3) is 0.214.